The molecule has 0 atom stereocenters. The standard InChI is InChI=1S/C24H26/c1-17(2)20-13-7-9-15-22(20)24(19-11-5-6-12-19)23-16-10-8-14-21(23)18(3)4/h5-18H,1-4H3. The van der Waals surface area contributed by atoms with E-state index in [2.05, 4.69) is 101 Å². The summed E-state index contributed by atoms with van der Waals surface area (Å²) in [6.07, 6.45) is 8.71. The van der Waals surface area contributed by atoms with Crippen LogP contribution in [0.5, 0.6) is 0 Å². The molecule has 2 aromatic rings. The predicted octanol–water partition coefficient (Wildman–Crippen LogP) is 6.86. The number of benzene rings is 2. The van der Waals surface area contributed by atoms with Crippen molar-refractivity contribution in [1.29, 1.82) is 0 Å². The van der Waals surface area contributed by atoms with Gasteiger partial charge in [-0.25, -0.2) is 0 Å². The van der Waals surface area contributed by atoms with Crippen LogP contribution in [0.1, 0.15) is 61.8 Å². The van der Waals surface area contributed by atoms with Crippen LogP contribution in [0.15, 0.2) is 78.4 Å². The van der Waals surface area contributed by atoms with E-state index in [1.165, 1.54) is 33.4 Å². The highest BCUT2D eigenvalue weighted by molar-refractivity contribution is 5.88. The maximum atomic E-state index is 2.27. The van der Waals surface area contributed by atoms with Crippen LogP contribution < -0.4 is 0 Å². The molecule has 2 aromatic carbocycles. The van der Waals surface area contributed by atoms with Crippen molar-refractivity contribution in [3.05, 3.63) is 101 Å². The molecule has 0 aliphatic heterocycles. The lowest BCUT2D eigenvalue weighted by atomic mass is 9.83. The lowest BCUT2D eigenvalue weighted by Gasteiger charge is -2.21. The van der Waals surface area contributed by atoms with Gasteiger partial charge in [0.05, 0.1) is 0 Å². The Hall–Kier alpha value is -2.34. The van der Waals surface area contributed by atoms with Crippen LogP contribution in [0.4, 0.5) is 0 Å². The van der Waals surface area contributed by atoms with Crippen LogP contribution in [-0.4, -0.2) is 0 Å². The molecule has 24 heavy (non-hydrogen) atoms. The number of rotatable bonds is 4. The summed E-state index contributed by atoms with van der Waals surface area (Å²) in [7, 11) is 0. The van der Waals surface area contributed by atoms with Gasteiger partial charge in [-0.2, -0.15) is 0 Å². The lowest BCUT2D eigenvalue weighted by Crippen LogP contribution is -2.02. The third-order valence-electron chi connectivity index (χ3n) is 4.66. The minimum absolute atomic E-state index is 0.498. The summed E-state index contributed by atoms with van der Waals surface area (Å²) in [6.45, 7) is 9.09. The first-order valence-electron chi connectivity index (χ1n) is 8.87. The molecule has 0 N–H and O–H groups in total. The van der Waals surface area contributed by atoms with Crippen LogP contribution in [0, 0.1) is 0 Å². The summed E-state index contributed by atoms with van der Waals surface area (Å²) in [5.74, 6) is 0.995. The molecule has 1 aliphatic carbocycles. The van der Waals surface area contributed by atoms with Gasteiger partial charge in [-0.15, -0.1) is 0 Å². The molecule has 0 bridgehead atoms. The summed E-state index contributed by atoms with van der Waals surface area (Å²) < 4.78 is 0. The van der Waals surface area contributed by atoms with Crippen molar-refractivity contribution in [2.75, 3.05) is 0 Å². The first-order chi connectivity index (χ1) is 11.6. The Kier molecular flexibility index (Phi) is 4.85. The molecule has 0 saturated heterocycles. The molecule has 0 heteroatoms. The topological polar surface area (TPSA) is 0 Å². The molecule has 122 valence electrons. The summed E-state index contributed by atoms with van der Waals surface area (Å²) in [4.78, 5) is 0. The molecule has 0 spiro atoms. The van der Waals surface area contributed by atoms with Gasteiger partial charge in [-0.1, -0.05) is 101 Å². The van der Waals surface area contributed by atoms with Crippen molar-refractivity contribution in [3.63, 3.8) is 0 Å². The first kappa shape index (κ1) is 16.5. The third kappa shape index (κ3) is 3.14. The Balaban J connectivity index is 2.32. The quantitative estimate of drug-likeness (QED) is 0.578. The monoisotopic (exact) mass is 314 g/mol. The fourth-order valence-corrected chi connectivity index (χ4v) is 3.45. The van der Waals surface area contributed by atoms with Crippen molar-refractivity contribution < 1.29 is 0 Å². The van der Waals surface area contributed by atoms with Crippen molar-refractivity contribution >= 4 is 5.57 Å². The largest absolute Gasteiger partial charge is 0.0619 e. The summed E-state index contributed by atoms with van der Waals surface area (Å²) in [6, 6.07) is 17.7. The van der Waals surface area contributed by atoms with Crippen molar-refractivity contribution in [3.8, 4) is 0 Å². The number of hydrogen-bond donors (Lipinski definition) is 0. The smallest absolute Gasteiger partial charge is 0.00331 e. The summed E-state index contributed by atoms with van der Waals surface area (Å²) >= 11 is 0. The second-order valence-corrected chi connectivity index (χ2v) is 7.03. The zero-order valence-corrected chi connectivity index (χ0v) is 15.1. The first-order valence-corrected chi connectivity index (χ1v) is 8.87. The Labute approximate surface area is 146 Å². The lowest BCUT2D eigenvalue weighted by molar-refractivity contribution is 0.856. The highest BCUT2D eigenvalue weighted by Gasteiger charge is 2.18. The predicted molar refractivity (Wildman–Crippen MR) is 105 cm³/mol. The molecule has 0 aromatic heterocycles. The van der Waals surface area contributed by atoms with E-state index >= 15 is 0 Å². The summed E-state index contributed by atoms with van der Waals surface area (Å²) in [5, 5.41) is 0. The van der Waals surface area contributed by atoms with E-state index in [0.29, 0.717) is 11.8 Å². The van der Waals surface area contributed by atoms with Crippen molar-refractivity contribution in [2.45, 2.75) is 39.5 Å². The fraction of sp³-hybridized carbons (Fsp3) is 0.250. The zero-order chi connectivity index (χ0) is 17.1. The molecule has 3 rings (SSSR count). The van der Waals surface area contributed by atoms with E-state index in [4.69, 9.17) is 0 Å². The molecule has 0 heterocycles. The van der Waals surface area contributed by atoms with E-state index < -0.39 is 0 Å². The maximum Gasteiger partial charge on any atom is -0.00331 e. The van der Waals surface area contributed by atoms with Gasteiger partial charge >= 0.3 is 0 Å². The highest BCUT2D eigenvalue weighted by Crippen LogP contribution is 2.37. The number of allylic oxidation sites excluding steroid dienone is 5. The zero-order valence-electron chi connectivity index (χ0n) is 15.1. The molecular formula is C24H26. The molecule has 0 saturated carbocycles. The van der Waals surface area contributed by atoms with Gasteiger partial charge in [0, 0.05) is 0 Å². The van der Waals surface area contributed by atoms with E-state index in [9.17, 15) is 0 Å². The molecule has 0 nitrogen and oxygen atoms in total. The van der Waals surface area contributed by atoms with Crippen LogP contribution in [-0.2, 0) is 0 Å². The average molecular weight is 314 g/mol. The van der Waals surface area contributed by atoms with Gasteiger partial charge in [0.2, 0.25) is 0 Å². The van der Waals surface area contributed by atoms with Gasteiger partial charge in [0.25, 0.3) is 0 Å². The minimum atomic E-state index is 0.498. The van der Waals surface area contributed by atoms with Crippen LogP contribution in [0.25, 0.3) is 5.57 Å². The van der Waals surface area contributed by atoms with Crippen molar-refractivity contribution in [2.24, 2.45) is 0 Å². The van der Waals surface area contributed by atoms with E-state index in [0.717, 1.165) is 0 Å². The molecule has 1 aliphatic rings. The maximum absolute atomic E-state index is 2.27. The molecule has 0 amide bonds. The fourth-order valence-electron chi connectivity index (χ4n) is 3.45. The Morgan fingerprint density at radius 2 is 1.04 bits per heavy atom. The van der Waals surface area contributed by atoms with Crippen LogP contribution in [0.3, 0.4) is 0 Å². The van der Waals surface area contributed by atoms with Gasteiger partial charge in [-0.3, -0.25) is 0 Å². The molecule has 0 unspecified atom stereocenters. The summed E-state index contributed by atoms with van der Waals surface area (Å²) in [5.41, 5.74) is 8.18. The van der Waals surface area contributed by atoms with E-state index in [1.807, 2.05) is 0 Å². The van der Waals surface area contributed by atoms with Gasteiger partial charge in [0.15, 0.2) is 0 Å². The highest BCUT2D eigenvalue weighted by atomic mass is 14.2. The van der Waals surface area contributed by atoms with Crippen LogP contribution in [0.2, 0.25) is 0 Å². The van der Waals surface area contributed by atoms with Gasteiger partial charge in [-0.05, 0) is 45.2 Å². The average Bonchev–Trinajstić information content (AvgIpc) is 3.10. The Morgan fingerprint density at radius 1 is 0.625 bits per heavy atom. The van der Waals surface area contributed by atoms with E-state index in [-0.39, 0.29) is 0 Å². The van der Waals surface area contributed by atoms with E-state index in [1.54, 1.807) is 0 Å². The van der Waals surface area contributed by atoms with Gasteiger partial charge < -0.3 is 0 Å². The van der Waals surface area contributed by atoms with Crippen molar-refractivity contribution in [1.82, 2.24) is 0 Å². The minimum Gasteiger partial charge on any atom is -0.0619 e. The molecule has 0 radical (unpaired) electrons. The Bertz CT molecular complexity index is 746. The second-order valence-electron chi connectivity index (χ2n) is 7.03. The Morgan fingerprint density at radius 3 is 1.46 bits per heavy atom. The second kappa shape index (κ2) is 7.05. The normalized spacial score (nSPS) is 13.3. The molecule has 0 fully saturated rings. The van der Waals surface area contributed by atoms with Crippen LogP contribution >= 0.6 is 0 Å². The van der Waals surface area contributed by atoms with Gasteiger partial charge in [0.1, 0.15) is 0 Å². The number of hydrogen-bond acceptors (Lipinski definition) is 0. The SMILES string of the molecule is CC(C)c1ccccc1C(=C1C=CC=C1)c1ccccc1C(C)C. The molecular weight excluding hydrogens is 288 g/mol. The third-order valence-corrected chi connectivity index (χ3v) is 4.66.